The summed E-state index contributed by atoms with van der Waals surface area (Å²) in [5, 5.41) is 9.06. The van der Waals surface area contributed by atoms with Crippen molar-refractivity contribution in [1.29, 1.82) is 0 Å². The standard InChI is InChI=1S/C18H15NO3/c19-15-7-1-11(2-8-15)9-13-5-3-12-4-6-14(18(21)22)10-16(12)17(13)20/h1-2,4,6-10H,3,5,19H2,(H,21,22)/b13-9+. The quantitative estimate of drug-likeness (QED) is 0.658. The highest BCUT2D eigenvalue weighted by Gasteiger charge is 2.23. The molecule has 4 heteroatoms. The van der Waals surface area contributed by atoms with Crippen LogP contribution in [0.3, 0.4) is 0 Å². The highest BCUT2D eigenvalue weighted by Crippen LogP contribution is 2.27. The van der Waals surface area contributed by atoms with E-state index < -0.39 is 5.97 Å². The van der Waals surface area contributed by atoms with Crippen molar-refractivity contribution in [2.75, 3.05) is 5.73 Å². The number of ketones is 1. The Labute approximate surface area is 127 Å². The van der Waals surface area contributed by atoms with E-state index in [0.717, 1.165) is 17.5 Å². The van der Waals surface area contributed by atoms with Gasteiger partial charge in [0.1, 0.15) is 0 Å². The first-order chi connectivity index (χ1) is 10.5. The molecule has 0 bridgehead atoms. The van der Waals surface area contributed by atoms with Gasteiger partial charge in [-0.1, -0.05) is 18.2 Å². The number of rotatable bonds is 2. The number of carboxylic acid groups (broad SMARTS) is 1. The lowest BCUT2D eigenvalue weighted by Gasteiger charge is -2.18. The van der Waals surface area contributed by atoms with Crippen molar-refractivity contribution < 1.29 is 14.7 Å². The number of nitrogens with two attached hydrogens (primary N) is 1. The molecular weight excluding hydrogens is 278 g/mol. The van der Waals surface area contributed by atoms with Gasteiger partial charge in [0.15, 0.2) is 5.78 Å². The Bertz CT molecular complexity index is 788. The van der Waals surface area contributed by atoms with E-state index in [1.54, 1.807) is 24.3 Å². The third-order valence-corrected chi connectivity index (χ3v) is 3.83. The number of aromatic carboxylic acids is 1. The van der Waals surface area contributed by atoms with Crippen LogP contribution in [0.4, 0.5) is 5.69 Å². The Hall–Kier alpha value is -2.88. The van der Waals surface area contributed by atoms with Crippen LogP contribution in [0.15, 0.2) is 48.0 Å². The van der Waals surface area contributed by atoms with E-state index in [0.29, 0.717) is 23.2 Å². The molecule has 3 N–H and O–H groups in total. The summed E-state index contributed by atoms with van der Waals surface area (Å²) >= 11 is 0. The number of nitrogen functional groups attached to an aromatic ring is 1. The molecule has 1 aliphatic carbocycles. The Balaban J connectivity index is 1.98. The first-order valence-corrected chi connectivity index (χ1v) is 7.01. The molecule has 0 saturated carbocycles. The van der Waals surface area contributed by atoms with E-state index in [1.807, 2.05) is 18.2 Å². The maximum atomic E-state index is 12.6. The summed E-state index contributed by atoms with van der Waals surface area (Å²) in [5.74, 6) is -1.12. The van der Waals surface area contributed by atoms with Crippen LogP contribution in [-0.4, -0.2) is 16.9 Å². The number of hydrogen-bond donors (Lipinski definition) is 2. The van der Waals surface area contributed by atoms with Crippen LogP contribution in [0.1, 0.15) is 38.3 Å². The van der Waals surface area contributed by atoms with Crippen molar-refractivity contribution in [3.63, 3.8) is 0 Å². The number of benzene rings is 2. The summed E-state index contributed by atoms with van der Waals surface area (Å²) in [4.78, 5) is 23.6. The van der Waals surface area contributed by atoms with Crippen molar-refractivity contribution in [3.8, 4) is 0 Å². The molecule has 0 aliphatic heterocycles. The highest BCUT2D eigenvalue weighted by molar-refractivity contribution is 6.14. The van der Waals surface area contributed by atoms with Gasteiger partial charge >= 0.3 is 5.97 Å². The SMILES string of the molecule is Nc1ccc(/C=C2\CCc3ccc(C(=O)O)cc3C2=O)cc1. The van der Waals surface area contributed by atoms with E-state index in [-0.39, 0.29) is 11.3 Å². The summed E-state index contributed by atoms with van der Waals surface area (Å²) in [6.45, 7) is 0. The maximum absolute atomic E-state index is 12.6. The summed E-state index contributed by atoms with van der Waals surface area (Å²) in [6.07, 6.45) is 3.24. The predicted molar refractivity (Wildman–Crippen MR) is 84.9 cm³/mol. The van der Waals surface area contributed by atoms with E-state index in [4.69, 9.17) is 10.8 Å². The van der Waals surface area contributed by atoms with Crippen molar-refractivity contribution in [2.45, 2.75) is 12.8 Å². The van der Waals surface area contributed by atoms with Crippen LogP contribution in [-0.2, 0) is 6.42 Å². The van der Waals surface area contributed by atoms with Gasteiger partial charge in [0.05, 0.1) is 5.56 Å². The van der Waals surface area contributed by atoms with Crippen molar-refractivity contribution >= 4 is 23.5 Å². The van der Waals surface area contributed by atoms with Crippen LogP contribution in [0.2, 0.25) is 0 Å². The zero-order chi connectivity index (χ0) is 15.7. The fourth-order valence-corrected chi connectivity index (χ4v) is 2.63. The molecule has 22 heavy (non-hydrogen) atoms. The van der Waals surface area contributed by atoms with E-state index in [1.165, 1.54) is 6.07 Å². The number of anilines is 1. The zero-order valence-electron chi connectivity index (χ0n) is 11.9. The second kappa shape index (κ2) is 5.48. The van der Waals surface area contributed by atoms with Crippen LogP contribution in [0, 0.1) is 0 Å². The van der Waals surface area contributed by atoms with E-state index in [2.05, 4.69) is 0 Å². The van der Waals surface area contributed by atoms with Gasteiger partial charge < -0.3 is 10.8 Å². The molecular formula is C18H15NO3. The Morgan fingerprint density at radius 1 is 1.09 bits per heavy atom. The average molecular weight is 293 g/mol. The summed E-state index contributed by atoms with van der Waals surface area (Å²) in [5.41, 5.74) is 9.47. The number of fused-ring (bicyclic) bond motifs is 1. The van der Waals surface area contributed by atoms with Crippen LogP contribution in [0.25, 0.3) is 6.08 Å². The average Bonchev–Trinajstić information content (AvgIpc) is 2.52. The van der Waals surface area contributed by atoms with E-state index in [9.17, 15) is 9.59 Å². The second-order valence-electron chi connectivity index (χ2n) is 5.34. The molecule has 1 aliphatic rings. The molecule has 0 unspecified atom stereocenters. The van der Waals surface area contributed by atoms with Gasteiger partial charge in [-0.3, -0.25) is 4.79 Å². The molecule has 0 spiro atoms. The van der Waals surface area contributed by atoms with Gasteiger partial charge in [-0.05, 0) is 54.3 Å². The molecule has 0 heterocycles. The molecule has 0 amide bonds. The molecule has 0 radical (unpaired) electrons. The maximum Gasteiger partial charge on any atom is 0.335 e. The van der Waals surface area contributed by atoms with Gasteiger partial charge in [0, 0.05) is 16.8 Å². The lowest BCUT2D eigenvalue weighted by molar-refractivity contribution is 0.0697. The van der Waals surface area contributed by atoms with Crippen molar-refractivity contribution in [3.05, 3.63) is 70.3 Å². The third kappa shape index (κ3) is 2.63. The predicted octanol–water partition coefficient (Wildman–Crippen LogP) is 3.18. The van der Waals surface area contributed by atoms with Crippen molar-refractivity contribution in [2.24, 2.45) is 0 Å². The van der Waals surface area contributed by atoms with Gasteiger partial charge in [-0.2, -0.15) is 0 Å². The minimum Gasteiger partial charge on any atom is -0.478 e. The monoisotopic (exact) mass is 293 g/mol. The molecule has 4 nitrogen and oxygen atoms in total. The van der Waals surface area contributed by atoms with Crippen molar-refractivity contribution in [1.82, 2.24) is 0 Å². The molecule has 2 aromatic rings. The van der Waals surface area contributed by atoms with Gasteiger partial charge in [-0.25, -0.2) is 4.79 Å². The van der Waals surface area contributed by atoms with Crippen LogP contribution >= 0.6 is 0 Å². The highest BCUT2D eigenvalue weighted by atomic mass is 16.4. The number of Topliss-reactive ketones (excluding diaryl/α,β-unsaturated/α-hetero) is 1. The van der Waals surface area contributed by atoms with Gasteiger partial charge in [0.25, 0.3) is 0 Å². The zero-order valence-corrected chi connectivity index (χ0v) is 11.9. The lowest BCUT2D eigenvalue weighted by Crippen LogP contribution is -2.15. The fraction of sp³-hybridized carbons (Fsp3) is 0.111. The number of carboxylic acids is 1. The molecule has 0 fully saturated rings. The Morgan fingerprint density at radius 3 is 2.50 bits per heavy atom. The van der Waals surface area contributed by atoms with Gasteiger partial charge in [0.2, 0.25) is 0 Å². The molecule has 0 atom stereocenters. The largest absolute Gasteiger partial charge is 0.478 e. The van der Waals surface area contributed by atoms with Gasteiger partial charge in [-0.15, -0.1) is 0 Å². The number of aryl methyl sites for hydroxylation is 1. The lowest BCUT2D eigenvalue weighted by atomic mass is 9.85. The Morgan fingerprint density at radius 2 is 1.82 bits per heavy atom. The number of carbonyl (C=O) groups is 2. The number of hydrogen-bond acceptors (Lipinski definition) is 3. The number of carbonyl (C=O) groups excluding carboxylic acids is 1. The van der Waals surface area contributed by atoms with Crippen LogP contribution < -0.4 is 5.73 Å². The second-order valence-corrected chi connectivity index (χ2v) is 5.34. The summed E-state index contributed by atoms with van der Waals surface area (Å²) in [7, 11) is 0. The minimum absolute atomic E-state index is 0.0961. The number of allylic oxidation sites excluding steroid dienone is 1. The summed E-state index contributed by atoms with van der Waals surface area (Å²) in [6, 6.07) is 12.0. The molecule has 0 aromatic heterocycles. The van der Waals surface area contributed by atoms with E-state index >= 15 is 0 Å². The third-order valence-electron chi connectivity index (χ3n) is 3.83. The van der Waals surface area contributed by atoms with Crippen LogP contribution in [0.5, 0.6) is 0 Å². The topological polar surface area (TPSA) is 80.4 Å². The molecule has 2 aromatic carbocycles. The Kier molecular flexibility index (Phi) is 3.51. The molecule has 0 saturated heterocycles. The molecule has 110 valence electrons. The minimum atomic E-state index is -1.02. The molecule has 3 rings (SSSR count). The first kappa shape index (κ1) is 14.1. The fourth-order valence-electron chi connectivity index (χ4n) is 2.63. The smallest absolute Gasteiger partial charge is 0.335 e. The normalized spacial score (nSPS) is 15.6. The first-order valence-electron chi connectivity index (χ1n) is 7.01. The summed E-state index contributed by atoms with van der Waals surface area (Å²) < 4.78 is 0.